The van der Waals surface area contributed by atoms with Gasteiger partial charge in [-0.05, 0) is 45.8 Å². The molecule has 0 N–H and O–H groups in total. The van der Waals surface area contributed by atoms with E-state index < -0.39 is 34.2 Å². The van der Waals surface area contributed by atoms with Crippen molar-refractivity contribution in [2.45, 2.75) is 51.9 Å². The first kappa shape index (κ1) is 16.5. The molecule has 0 aromatic carbocycles. The maximum atomic E-state index is 6.33. The smallest absolute Gasteiger partial charge is 0.321 e. The molecule has 0 saturated carbocycles. The van der Waals surface area contributed by atoms with Crippen LogP contribution in [0.3, 0.4) is 0 Å². The van der Waals surface area contributed by atoms with E-state index in [1.807, 2.05) is 6.08 Å². The average molecular weight is 323 g/mol. The van der Waals surface area contributed by atoms with Crippen molar-refractivity contribution in [3.63, 3.8) is 0 Å². The van der Waals surface area contributed by atoms with E-state index in [0.717, 1.165) is 6.04 Å². The van der Waals surface area contributed by atoms with E-state index in [4.69, 9.17) is 16.5 Å². The Balaban J connectivity index is 3.05. The van der Waals surface area contributed by atoms with Crippen molar-refractivity contribution < 1.29 is 16.5 Å². The molecule has 0 aromatic heterocycles. The zero-order chi connectivity index (χ0) is 14.2. The summed E-state index contributed by atoms with van der Waals surface area (Å²) in [6.45, 7) is 18.3. The molecule has 0 amide bonds. The minimum atomic E-state index is -2.27. The lowest BCUT2D eigenvalue weighted by atomic mass is 10.8. The summed E-state index contributed by atoms with van der Waals surface area (Å²) in [5, 5.41) is 0. The molecule has 0 radical (unpaired) electrons. The average Bonchev–Trinajstić information content (AvgIpc) is 1.91. The highest BCUT2D eigenvalue weighted by molar-refractivity contribution is 6.93. The molecule has 0 bridgehead atoms. The van der Waals surface area contributed by atoms with Crippen LogP contribution in [0.25, 0.3) is 0 Å². The summed E-state index contributed by atoms with van der Waals surface area (Å²) >= 11 is 0. The fourth-order valence-corrected chi connectivity index (χ4v) is 23.8. The second-order valence-electron chi connectivity index (χ2n) is 6.23. The van der Waals surface area contributed by atoms with Gasteiger partial charge in [-0.2, -0.15) is 0 Å². The normalized spacial score (nSPS) is 29.1. The van der Waals surface area contributed by atoms with Crippen LogP contribution < -0.4 is 0 Å². The standard InChI is InChI=1S/C10H26O4Si4/c1-9-10-18(8)13-16(4,5)11-15(2,3)12-17(6,7)14-18/h9H,1,10H2,2-8H3. The summed E-state index contributed by atoms with van der Waals surface area (Å²) in [6, 6.07) is 0.772. The van der Waals surface area contributed by atoms with Crippen LogP contribution in [0.2, 0.25) is 51.9 Å². The highest BCUT2D eigenvalue weighted by Crippen LogP contribution is 2.32. The summed E-state index contributed by atoms with van der Waals surface area (Å²) in [6.07, 6.45) is 1.88. The highest BCUT2D eigenvalue weighted by Gasteiger charge is 2.51. The van der Waals surface area contributed by atoms with Gasteiger partial charge in [-0.15, -0.1) is 6.58 Å². The summed E-state index contributed by atoms with van der Waals surface area (Å²) < 4.78 is 25.1. The number of rotatable bonds is 2. The Morgan fingerprint density at radius 1 is 0.722 bits per heavy atom. The van der Waals surface area contributed by atoms with Crippen LogP contribution in [0.5, 0.6) is 0 Å². The second kappa shape index (κ2) is 5.09. The van der Waals surface area contributed by atoms with Crippen molar-refractivity contribution >= 4 is 34.2 Å². The Bertz CT molecular complexity index is 308. The molecule has 0 atom stereocenters. The Morgan fingerprint density at radius 2 is 1.06 bits per heavy atom. The van der Waals surface area contributed by atoms with Crippen LogP contribution >= 0.6 is 0 Å². The van der Waals surface area contributed by atoms with Gasteiger partial charge in [0.25, 0.3) is 0 Å². The van der Waals surface area contributed by atoms with E-state index in [1.165, 1.54) is 0 Å². The molecule has 0 aromatic rings. The molecule has 8 heteroatoms. The molecule has 1 fully saturated rings. The first-order chi connectivity index (χ1) is 7.89. The first-order valence-electron chi connectivity index (χ1n) is 6.30. The zero-order valence-corrected chi connectivity index (χ0v) is 16.6. The molecule has 0 spiro atoms. The van der Waals surface area contributed by atoms with Crippen molar-refractivity contribution in [2.75, 3.05) is 0 Å². The van der Waals surface area contributed by atoms with Crippen molar-refractivity contribution in [2.24, 2.45) is 0 Å². The quantitative estimate of drug-likeness (QED) is 0.576. The predicted octanol–water partition coefficient (Wildman–Crippen LogP) is 3.43. The lowest BCUT2D eigenvalue weighted by Crippen LogP contribution is -2.64. The monoisotopic (exact) mass is 322 g/mol. The van der Waals surface area contributed by atoms with Gasteiger partial charge in [0.1, 0.15) is 0 Å². The molecule has 1 saturated heterocycles. The van der Waals surface area contributed by atoms with Gasteiger partial charge >= 0.3 is 34.2 Å². The Hall–Kier alpha value is 0.448. The van der Waals surface area contributed by atoms with Gasteiger partial charge in [-0.3, -0.25) is 0 Å². The highest BCUT2D eigenvalue weighted by atomic mass is 28.5. The summed E-state index contributed by atoms with van der Waals surface area (Å²) in [4.78, 5) is 0. The molecule has 4 nitrogen and oxygen atoms in total. The molecule has 18 heavy (non-hydrogen) atoms. The molecule has 1 aliphatic heterocycles. The Labute approximate surface area is 115 Å². The lowest BCUT2D eigenvalue weighted by molar-refractivity contribution is 0.236. The maximum absolute atomic E-state index is 6.33. The van der Waals surface area contributed by atoms with Crippen LogP contribution in [-0.4, -0.2) is 34.2 Å². The summed E-state index contributed by atoms with van der Waals surface area (Å²) in [5.41, 5.74) is 0. The Morgan fingerprint density at radius 3 is 1.39 bits per heavy atom. The molecule has 1 aliphatic rings. The van der Waals surface area contributed by atoms with Crippen LogP contribution in [0.4, 0.5) is 0 Å². The van der Waals surface area contributed by atoms with Gasteiger partial charge in [0.2, 0.25) is 0 Å². The third kappa shape index (κ3) is 4.85. The fourth-order valence-electron chi connectivity index (χ4n) is 2.65. The van der Waals surface area contributed by atoms with Crippen LogP contribution in [0.1, 0.15) is 0 Å². The van der Waals surface area contributed by atoms with E-state index in [-0.39, 0.29) is 0 Å². The Kier molecular flexibility index (Phi) is 4.67. The molecule has 0 aliphatic carbocycles. The third-order valence-electron chi connectivity index (χ3n) is 2.42. The van der Waals surface area contributed by atoms with Crippen LogP contribution in [0, 0.1) is 0 Å². The summed E-state index contributed by atoms with van der Waals surface area (Å²) in [5.74, 6) is 0. The summed E-state index contributed by atoms with van der Waals surface area (Å²) in [7, 11) is -8.83. The number of allylic oxidation sites excluding steroid dienone is 1. The van der Waals surface area contributed by atoms with Gasteiger partial charge in [0.15, 0.2) is 0 Å². The van der Waals surface area contributed by atoms with E-state index in [9.17, 15) is 0 Å². The topological polar surface area (TPSA) is 36.9 Å². The molecule has 1 heterocycles. The van der Waals surface area contributed by atoms with E-state index in [2.05, 4.69) is 52.4 Å². The molecule has 106 valence electrons. The fraction of sp³-hybridized carbons (Fsp3) is 0.800. The second-order valence-corrected chi connectivity index (χ2v) is 20.6. The van der Waals surface area contributed by atoms with Gasteiger partial charge in [-0.25, -0.2) is 0 Å². The zero-order valence-electron chi connectivity index (χ0n) is 12.6. The minimum Gasteiger partial charge on any atom is -0.416 e. The minimum absolute atomic E-state index is 0.772. The SMILES string of the molecule is C=CC[Si]1(C)O[Si](C)(C)O[Si](C)(C)O[Si](C)(C)O1. The molecule has 1 rings (SSSR count). The number of hydrogen-bond acceptors (Lipinski definition) is 4. The van der Waals surface area contributed by atoms with Crippen molar-refractivity contribution in [1.29, 1.82) is 0 Å². The van der Waals surface area contributed by atoms with E-state index >= 15 is 0 Å². The van der Waals surface area contributed by atoms with Crippen molar-refractivity contribution in [1.82, 2.24) is 0 Å². The van der Waals surface area contributed by atoms with Crippen LogP contribution in [0.15, 0.2) is 12.7 Å². The lowest BCUT2D eigenvalue weighted by Gasteiger charge is -2.47. The van der Waals surface area contributed by atoms with E-state index in [1.54, 1.807) is 0 Å². The predicted molar refractivity (Wildman–Crippen MR) is 83.4 cm³/mol. The molecular formula is C10H26O4Si4. The molecule has 0 unspecified atom stereocenters. The van der Waals surface area contributed by atoms with Gasteiger partial charge < -0.3 is 16.5 Å². The van der Waals surface area contributed by atoms with Crippen molar-refractivity contribution in [3.05, 3.63) is 12.7 Å². The largest absolute Gasteiger partial charge is 0.416 e. The maximum Gasteiger partial charge on any atom is 0.321 e. The van der Waals surface area contributed by atoms with E-state index in [0.29, 0.717) is 0 Å². The van der Waals surface area contributed by atoms with Crippen molar-refractivity contribution in [3.8, 4) is 0 Å². The first-order valence-corrected chi connectivity index (χ1v) is 17.3. The number of hydrogen-bond donors (Lipinski definition) is 0. The molecular weight excluding hydrogens is 296 g/mol. The van der Waals surface area contributed by atoms with Gasteiger partial charge in [0.05, 0.1) is 0 Å². The van der Waals surface area contributed by atoms with Gasteiger partial charge in [-0.1, -0.05) is 6.08 Å². The van der Waals surface area contributed by atoms with Crippen LogP contribution in [-0.2, 0) is 16.5 Å². The van der Waals surface area contributed by atoms with Gasteiger partial charge in [0, 0.05) is 6.04 Å². The third-order valence-corrected chi connectivity index (χ3v) is 18.7.